The van der Waals surface area contributed by atoms with Gasteiger partial charge in [0.05, 0.1) is 5.75 Å². The lowest BCUT2D eigenvalue weighted by molar-refractivity contribution is -0.113. The minimum atomic E-state index is 0.00391. The standard InChI is InChI=1S/C19H24N4OS/c1-12(2)14-4-3-5-15(10-14)20-17(24)11-25-19-22-21-18(13-6-7-13)23(19)16-8-9-16/h3-5,10,12-13,16H,6-9,11H2,1-2H3,(H,20,24). The molecule has 2 saturated carbocycles. The summed E-state index contributed by atoms with van der Waals surface area (Å²) in [4.78, 5) is 12.3. The van der Waals surface area contributed by atoms with E-state index in [0.717, 1.165) is 16.7 Å². The average molecular weight is 356 g/mol. The molecule has 0 saturated heterocycles. The molecule has 0 unspecified atom stereocenters. The normalized spacial score (nSPS) is 17.1. The first-order chi connectivity index (χ1) is 12.1. The number of hydrogen-bond acceptors (Lipinski definition) is 4. The summed E-state index contributed by atoms with van der Waals surface area (Å²) in [6.45, 7) is 4.30. The van der Waals surface area contributed by atoms with Crippen LogP contribution in [0.25, 0.3) is 0 Å². The van der Waals surface area contributed by atoms with E-state index in [9.17, 15) is 4.79 Å². The molecular weight excluding hydrogens is 332 g/mol. The van der Waals surface area contributed by atoms with Gasteiger partial charge >= 0.3 is 0 Å². The number of nitrogens with one attached hydrogen (secondary N) is 1. The second-order valence-corrected chi connectivity index (χ2v) is 8.28. The Kier molecular flexibility index (Phi) is 4.54. The highest BCUT2D eigenvalue weighted by Gasteiger charge is 2.36. The number of hydrogen-bond donors (Lipinski definition) is 1. The van der Waals surface area contributed by atoms with Crippen LogP contribution < -0.4 is 5.32 Å². The molecule has 6 heteroatoms. The molecule has 0 atom stereocenters. The number of carbonyl (C=O) groups is 1. The Morgan fingerprint density at radius 3 is 2.76 bits per heavy atom. The summed E-state index contributed by atoms with van der Waals surface area (Å²) in [5.41, 5.74) is 2.09. The van der Waals surface area contributed by atoms with Gasteiger partial charge in [0, 0.05) is 17.6 Å². The van der Waals surface area contributed by atoms with Crippen molar-refractivity contribution in [1.82, 2.24) is 14.8 Å². The summed E-state index contributed by atoms with van der Waals surface area (Å²) in [6, 6.07) is 8.62. The first-order valence-corrected chi connectivity index (χ1v) is 10.1. The van der Waals surface area contributed by atoms with Crippen molar-refractivity contribution in [3.05, 3.63) is 35.7 Å². The molecule has 2 aliphatic carbocycles. The molecule has 1 amide bonds. The van der Waals surface area contributed by atoms with Gasteiger partial charge in [0.15, 0.2) is 5.16 Å². The summed E-state index contributed by atoms with van der Waals surface area (Å²) < 4.78 is 2.29. The second kappa shape index (κ2) is 6.83. The predicted molar refractivity (Wildman–Crippen MR) is 100 cm³/mol. The van der Waals surface area contributed by atoms with Gasteiger partial charge < -0.3 is 9.88 Å². The third kappa shape index (κ3) is 3.89. The molecule has 1 heterocycles. The molecule has 1 aromatic carbocycles. The van der Waals surface area contributed by atoms with Gasteiger partial charge in [-0.2, -0.15) is 0 Å². The van der Waals surface area contributed by atoms with E-state index >= 15 is 0 Å². The summed E-state index contributed by atoms with van der Waals surface area (Å²) in [6.07, 6.45) is 4.86. The van der Waals surface area contributed by atoms with Crippen molar-refractivity contribution >= 4 is 23.4 Å². The van der Waals surface area contributed by atoms with Crippen LogP contribution in [0.5, 0.6) is 0 Å². The molecule has 0 radical (unpaired) electrons. The first kappa shape index (κ1) is 16.6. The van der Waals surface area contributed by atoms with Crippen LogP contribution in [0.4, 0.5) is 5.69 Å². The van der Waals surface area contributed by atoms with Crippen LogP contribution in [0.2, 0.25) is 0 Å². The minimum Gasteiger partial charge on any atom is -0.325 e. The van der Waals surface area contributed by atoms with E-state index in [-0.39, 0.29) is 5.91 Å². The van der Waals surface area contributed by atoms with E-state index in [1.807, 2.05) is 18.2 Å². The van der Waals surface area contributed by atoms with Gasteiger partial charge in [-0.25, -0.2) is 0 Å². The van der Waals surface area contributed by atoms with E-state index in [0.29, 0.717) is 23.6 Å². The molecule has 0 spiro atoms. The molecule has 1 aromatic heterocycles. The molecule has 0 aliphatic heterocycles. The first-order valence-electron chi connectivity index (χ1n) is 9.09. The van der Waals surface area contributed by atoms with Gasteiger partial charge in [-0.1, -0.05) is 37.7 Å². The number of aromatic nitrogens is 3. The van der Waals surface area contributed by atoms with Crippen molar-refractivity contribution in [2.45, 2.75) is 62.6 Å². The highest BCUT2D eigenvalue weighted by molar-refractivity contribution is 7.99. The Morgan fingerprint density at radius 1 is 1.28 bits per heavy atom. The Morgan fingerprint density at radius 2 is 2.08 bits per heavy atom. The zero-order chi connectivity index (χ0) is 17.4. The predicted octanol–water partition coefficient (Wildman–Crippen LogP) is 4.34. The summed E-state index contributed by atoms with van der Waals surface area (Å²) in [5.74, 6) is 2.54. The summed E-state index contributed by atoms with van der Waals surface area (Å²) in [7, 11) is 0. The monoisotopic (exact) mass is 356 g/mol. The largest absolute Gasteiger partial charge is 0.325 e. The van der Waals surface area contributed by atoms with Gasteiger partial charge in [0.25, 0.3) is 0 Å². The third-order valence-corrected chi connectivity index (χ3v) is 5.66. The van der Waals surface area contributed by atoms with Crippen LogP contribution in [-0.4, -0.2) is 26.4 Å². The van der Waals surface area contributed by atoms with Crippen molar-refractivity contribution in [1.29, 1.82) is 0 Å². The van der Waals surface area contributed by atoms with E-state index in [1.54, 1.807) is 0 Å². The fourth-order valence-electron chi connectivity index (χ4n) is 2.99. The van der Waals surface area contributed by atoms with E-state index < -0.39 is 0 Å². The molecule has 25 heavy (non-hydrogen) atoms. The van der Waals surface area contributed by atoms with Crippen molar-refractivity contribution < 1.29 is 4.79 Å². The van der Waals surface area contributed by atoms with Crippen LogP contribution in [-0.2, 0) is 4.79 Å². The Balaban J connectivity index is 1.38. The van der Waals surface area contributed by atoms with Crippen molar-refractivity contribution in [3.63, 3.8) is 0 Å². The Hall–Kier alpha value is -1.82. The molecule has 2 fully saturated rings. The van der Waals surface area contributed by atoms with Crippen LogP contribution in [0.3, 0.4) is 0 Å². The van der Waals surface area contributed by atoms with E-state index in [2.05, 4.69) is 40.0 Å². The number of carbonyl (C=O) groups excluding carboxylic acids is 1. The van der Waals surface area contributed by atoms with Gasteiger partial charge in [-0.15, -0.1) is 10.2 Å². The Bertz CT molecular complexity index is 777. The number of amides is 1. The molecule has 2 aromatic rings. The molecule has 5 nitrogen and oxygen atoms in total. The minimum absolute atomic E-state index is 0.00391. The van der Waals surface area contributed by atoms with Crippen LogP contribution in [0, 0.1) is 0 Å². The van der Waals surface area contributed by atoms with Gasteiger partial charge in [-0.05, 0) is 49.3 Å². The molecular formula is C19H24N4OS. The maximum atomic E-state index is 12.3. The number of anilines is 1. The number of benzene rings is 1. The van der Waals surface area contributed by atoms with E-state index in [1.165, 1.54) is 43.0 Å². The average Bonchev–Trinajstić information content (AvgIpc) is 3.52. The third-order valence-electron chi connectivity index (χ3n) is 4.71. The van der Waals surface area contributed by atoms with Gasteiger partial charge in [0.2, 0.25) is 5.91 Å². The van der Waals surface area contributed by atoms with Gasteiger partial charge in [0.1, 0.15) is 5.82 Å². The lowest BCUT2D eigenvalue weighted by atomic mass is 10.0. The number of rotatable bonds is 7. The van der Waals surface area contributed by atoms with Crippen molar-refractivity contribution in [2.24, 2.45) is 0 Å². The molecule has 132 valence electrons. The lowest BCUT2D eigenvalue weighted by Crippen LogP contribution is -2.15. The van der Waals surface area contributed by atoms with Crippen LogP contribution in [0.1, 0.15) is 68.8 Å². The van der Waals surface area contributed by atoms with Crippen molar-refractivity contribution in [2.75, 3.05) is 11.1 Å². The fraction of sp³-hybridized carbons (Fsp3) is 0.526. The topological polar surface area (TPSA) is 59.8 Å². The maximum absolute atomic E-state index is 12.3. The second-order valence-electron chi connectivity index (χ2n) is 7.33. The molecule has 0 bridgehead atoms. The smallest absolute Gasteiger partial charge is 0.234 e. The Labute approximate surface area is 152 Å². The van der Waals surface area contributed by atoms with Crippen LogP contribution >= 0.6 is 11.8 Å². The zero-order valence-corrected chi connectivity index (χ0v) is 15.6. The highest BCUT2D eigenvalue weighted by Crippen LogP contribution is 2.45. The van der Waals surface area contributed by atoms with Crippen molar-refractivity contribution in [3.8, 4) is 0 Å². The van der Waals surface area contributed by atoms with Crippen LogP contribution in [0.15, 0.2) is 29.4 Å². The fourth-order valence-corrected chi connectivity index (χ4v) is 3.80. The SMILES string of the molecule is CC(C)c1cccc(NC(=O)CSc2nnc(C3CC3)n2C2CC2)c1. The lowest BCUT2D eigenvalue weighted by Gasteiger charge is -2.10. The quantitative estimate of drug-likeness (QED) is 0.750. The number of thioether (sulfide) groups is 1. The summed E-state index contributed by atoms with van der Waals surface area (Å²) in [5, 5.41) is 12.6. The number of nitrogens with zero attached hydrogens (tertiary/aromatic N) is 3. The highest BCUT2D eigenvalue weighted by atomic mass is 32.2. The molecule has 4 rings (SSSR count). The summed E-state index contributed by atoms with van der Waals surface area (Å²) >= 11 is 1.50. The zero-order valence-electron chi connectivity index (χ0n) is 14.7. The molecule has 2 aliphatic rings. The molecule has 1 N–H and O–H groups in total. The maximum Gasteiger partial charge on any atom is 0.234 e. The van der Waals surface area contributed by atoms with Gasteiger partial charge in [-0.3, -0.25) is 4.79 Å². The van der Waals surface area contributed by atoms with E-state index in [4.69, 9.17) is 0 Å².